The molecule has 0 N–H and O–H groups in total. The first-order valence-corrected chi connectivity index (χ1v) is 8.90. The Hall–Kier alpha value is -4.00. The van der Waals surface area contributed by atoms with Crippen LogP contribution in [0.25, 0.3) is 22.3 Å². The number of nitrogens with zero attached hydrogens (tertiary/aromatic N) is 3. The Kier molecular flexibility index (Phi) is 5.03. The average Bonchev–Trinajstić information content (AvgIpc) is 2.77. The number of nitro groups is 1. The summed E-state index contributed by atoms with van der Waals surface area (Å²) in [7, 11) is 1.57. The van der Waals surface area contributed by atoms with Crippen molar-refractivity contribution < 1.29 is 14.4 Å². The molecule has 4 aromatic rings. The van der Waals surface area contributed by atoms with Gasteiger partial charge >= 0.3 is 0 Å². The smallest absolute Gasteiger partial charge is 0.270 e. The fraction of sp³-hybridized carbons (Fsp3) is 0.0909. The number of aromatic nitrogens is 2. The van der Waals surface area contributed by atoms with E-state index in [0.29, 0.717) is 35.0 Å². The van der Waals surface area contributed by atoms with E-state index in [-0.39, 0.29) is 5.69 Å². The maximum absolute atomic E-state index is 11.0. The van der Waals surface area contributed by atoms with Crippen LogP contribution >= 0.6 is 0 Å². The molecule has 1 aromatic heterocycles. The highest BCUT2D eigenvalue weighted by molar-refractivity contribution is 5.83. The lowest BCUT2D eigenvalue weighted by Crippen LogP contribution is -1.99. The van der Waals surface area contributed by atoms with Gasteiger partial charge in [-0.15, -0.1) is 0 Å². The van der Waals surface area contributed by atoms with Crippen LogP contribution in [-0.4, -0.2) is 22.0 Å². The van der Waals surface area contributed by atoms with E-state index in [2.05, 4.69) is 9.97 Å². The molecule has 7 heteroatoms. The van der Waals surface area contributed by atoms with Crippen molar-refractivity contribution in [2.75, 3.05) is 7.11 Å². The number of methoxy groups -OCH3 is 1. The number of rotatable bonds is 6. The lowest BCUT2D eigenvalue weighted by Gasteiger charge is -2.12. The van der Waals surface area contributed by atoms with Gasteiger partial charge in [0.25, 0.3) is 5.69 Å². The number of nitro benzene ring substituents is 1. The first kappa shape index (κ1) is 18.4. The second-order valence-corrected chi connectivity index (χ2v) is 6.34. The Morgan fingerprint density at radius 1 is 1.00 bits per heavy atom. The molecule has 0 spiro atoms. The number of non-ortho nitro benzene ring substituents is 1. The van der Waals surface area contributed by atoms with E-state index < -0.39 is 4.92 Å². The predicted molar refractivity (Wildman–Crippen MR) is 109 cm³/mol. The van der Waals surface area contributed by atoms with E-state index >= 15 is 0 Å². The third-order valence-electron chi connectivity index (χ3n) is 4.42. The van der Waals surface area contributed by atoms with Gasteiger partial charge in [0.15, 0.2) is 17.3 Å². The molecule has 0 aliphatic rings. The molecule has 0 saturated carbocycles. The SMILES string of the molecule is COc1cc2nc(-c3cccc([N+](=O)[O-])c3)ncc2cc1OCc1ccccc1. The van der Waals surface area contributed by atoms with Crippen molar-refractivity contribution in [1.82, 2.24) is 9.97 Å². The van der Waals surface area contributed by atoms with Crippen molar-refractivity contribution in [2.24, 2.45) is 0 Å². The standard InChI is InChI=1S/C22H17N3O4/c1-28-20-12-19-17(11-21(20)29-14-15-6-3-2-4-7-15)13-23-22(24-19)16-8-5-9-18(10-16)25(26)27/h2-13H,14H2,1H3. The Labute approximate surface area is 166 Å². The van der Waals surface area contributed by atoms with Crippen LogP contribution in [0.4, 0.5) is 5.69 Å². The quantitative estimate of drug-likeness (QED) is 0.349. The van der Waals surface area contributed by atoms with E-state index in [1.807, 2.05) is 36.4 Å². The van der Waals surface area contributed by atoms with Gasteiger partial charge in [-0.1, -0.05) is 42.5 Å². The molecule has 3 aromatic carbocycles. The minimum atomic E-state index is -0.441. The molecular weight excluding hydrogens is 370 g/mol. The third-order valence-corrected chi connectivity index (χ3v) is 4.42. The zero-order valence-corrected chi connectivity index (χ0v) is 15.6. The number of fused-ring (bicyclic) bond motifs is 1. The monoisotopic (exact) mass is 387 g/mol. The summed E-state index contributed by atoms with van der Waals surface area (Å²) in [6.07, 6.45) is 1.67. The lowest BCUT2D eigenvalue weighted by molar-refractivity contribution is -0.384. The molecule has 0 amide bonds. The van der Waals surface area contributed by atoms with Crippen molar-refractivity contribution in [2.45, 2.75) is 6.61 Å². The van der Waals surface area contributed by atoms with Crippen LogP contribution in [-0.2, 0) is 6.61 Å². The van der Waals surface area contributed by atoms with E-state index in [4.69, 9.17) is 9.47 Å². The fourth-order valence-electron chi connectivity index (χ4n) is 2.94. The Morgan fingerprint density at radius 2 is 1.83 bits per heavy atom. The molecule has 1 heterocycles. The van der Waals surface area contributed by atoms with Crippen LogP contribution in [0.3, 0.4) is 0 Å². The summed E-state index contributed by atoms with van der Waals surface area (Å²) in [5, 5.41) is 11.8. The number of hydrogen-bond acceptors (Lipinski definition) is 6. The van der Waals surface area contributed by atoms with Crippen molar-refractivity contribution in [1.29, 1.82) is 0 Å². The maximum Gasteiger partial charge on any atom is 0.270 e. The molecule has 0 fully saturated rings. The predicted octanol–water partition coefficient (Wildman–Crippen LogP) is 4.79. The van der Waals surface area contributed by atoms with Gasteiger partial charge in [0.1, 0.15) is 6.61 Å². The summed E-state index contributed by atoms with van der Waals surface area (Å²) in [6.45, 7) is 0.412. The van der Waals surface area contributed by atoms with Gasteiger partial charge in [-0.3, -0.25) is 10.1 Å². The Morgan fingerprint density at radius 3 is 2.59 bits per heavy atom. The van der Waals surface area contributed by atoms with Crippen LogP contribution in [0.1, 0.15) is 5.56 Å². The van der Waals surface area contributed by atoms with E-state index in [9.17, 15) is 10.1 Å². The Balaban J connectivity index is 1.67. The van der Waals surface area contributed by atoms with Gasteiger partial charge < -0.3 is 9.47 Å². The zero-order valence-electron chi connectivity index (χ0n) is 15.6. The van der Waals surface area contributed by atoms with E-state index in [1.54, 1.807) is 31.5 Å². The molecule has 0 aliphatic carbocycles. The molecule has 7 nitrogen and oxygen atoms in total. The zero-order chi connectivity index (χ0) is 20.2. The number of hydrogen-bond donors (Lipinski definition) is 0. The van der Waals surface area contributed by atoms with E-state index in [1.165, 1.54) is 12.1 Å². The van der Waals surface area contributed by atoms with Gasteiger partial charge in [0.05, 0.1) is 17.5 Å². The second kappa shape index (κ2) is 7.93. The summed E-state index contributed by atoms with van der Waals surface area (Å²) < 4.78 is 11.4. The molecule has 0 saturated heterocycles. The van der Waals surface area contributed by atoms with Crippen LogP contribution in [0.2, 0.25) is 0 Å². The molecule has 0 unspecified atom stereocenters. The van der Waals surface area contributed by atoms with Crippen LogP contribution < -0.4 is 9.47 Å². The fourth-order valence-corrected chi connectivity index (χ4v) is 2.94. The van der Waals surface area contributed by atoms with Crippen LogP contribution in [0, 0.1) is 10.1 Å². The summed E-state index contributed by atoms with van der Waals surface area (Å²) in [4.78, 5) is 19.5. The summed E-state index contributed by atoms with van der Waals surface area (Å²) in [5.41, 5.74) is 2.27. The lowest BCUT2D eigenvalue weighted by atomic mass is 10.1. The molecule has 0 bridgehead atoms. The van der Waals surface area contributed by atoms with Crippen molar-refractivity contribution in [3.63, 3.8) is 0 Å². The topological polar surface area (TPSA) is 87.4 Å². The molecular formula is C22H17N3O4. The molecule has 29 heavy (non-hydrogen) atoms. The third kappa shape index (κ3) is 3.98. The summed E-state index contributed by atoms with van der Waals surface area (Å²) >= 11 is 0. The molecule has 4 rings (SSSR count). The minimum absolute atomic E-state index is 0.00608. The molecule has 0 atom stereocenters. The van der Waals surface area contributed by atoms with Gasteiger partial charge in [0.2, 0.25) is 0 Å². The largest absolute Gasteiger partial charge is 0.493 e. The van der Waals surface area contributed by atoms with Gasteiger partial charge in [-0.2, -0.15) is 0 Å². The van der Waals surface area contributed by atoms with Crippen LogP contribution in [0.15, 0.2) is 72.9 Å². The average molecular weight is 387 g/mol. The highest BCUT2D eigenvalue weighted by Gasteiger charge is 2.12. The summed E-state index contributed by atoms with van der Waals surface area (Å²) in [6, 6.07) is 19.7. The van der Waals surface area contributed by atoms with Crippen molar-refractivity contribution in [3.8, 4) is 22.9 Å². The van der Waals surface area contributed by atoms with Crippen LogP contribution in [0.5, 0.6) is 11.5 Å². The van der Waals surface area contributed by atoms with Crippen molar-refractivity contribution in [3.05, 3.63) is 88.6 Å². The van der Waals surface area contributed by atoms with Gasteiger partial charge in [-0.05, 0) is 11.6 Å². The molecule has 0 radical (unpaired) electrons. The Bertz CT molecular complexity index is 1180. The van der Waals surface area contributed by atoms with Crippen molar-refractivity contribution >= 4 is 16.6 Å². The second-order valence-electron chi connectivity index (χ2n) is 6.34. The highest BCUT2D eigenvalue weighted by atomic mass is 16.6. The normalized spacial score (nSPS) is 10.7. The van der Waals surface area contributed by atoms with E-state index in [0.717, 1.165) is 10.9 Å². The summed E-state index contributed by atoms with van der Waals surface area (Å²) in [5.74, 6) is 1.55. The molecule has 0 aliphatic heterocycles. The van der Waals surface area contributed by atoms with Gasteiger partial charge in [-0.25, -0.2) is 9.97 Å². The highest BCUT2D eigenvalue weighted by Crippen LogP contribution is 2.33. The first-order chi connectivity index (χ1) is 14.1. The maximum atomic E-state index is 11.0. The number of ether oxygens (including phenoxy) is 2. The minimum Gasteiger partial charge on any atom is -0.493 e. The van der Waals surface area contributed by atoms with Gasteiger partial charge in [0, 0.05) is 35.3 Å². The molecule has 144 valence electrons. The first-order valence-electron chi connectivity index (χ1n) is 8.90. The number of benzene rings is 3.